The lowest BCUT2D eigenvalue weighted by Gasteiger charge is -2.38. The molecule has 0 aliphatic carbocycles. The number of nitrogens with zero attached hydrogens (tertiary/aromatic N) is 1. The van der Waals surface area contributed by atoms with Gasteiger partial charge in [0.15, 0.2) is 16.6 Å². The molecule has 0 atom stereocenters. The third-order valence-electron chi connectivity index (χ3n) is 4.98. The summed E-state index contributed by atoms with van der Waals surface area (Å²) in [5.41, 5.74) is 2.89. The summed E-state index contributed by atoms with van der Waals surface area (Å²) in [6, 6.07) is 22.5. The van der Waals surface area contributed by atoms with E-state index in [1.807, 2.05) is 66.7 Å². The smallest absolute Gasteiger partial charge is 0.348 e. The van der Waals surface area contributed by atoms with Crippen LogP contribution < -0.4 is 0 Å². The highest BCUT2D eigenvalue weighted by atomic mass is 28.5. The first kappa shape index (κ1) is 29.7. The van der Waals surface area contributed by atoms with E-state index in [2.05, 4.69) is 45.8 Å². The van der Waals surface area contributed by atoms with Gasteiger partial charge in [-0.15, -0.1) is 0 Å². The van der Waals surface area contributed by atoms with Crippen molar-refractivity contribution in [3.8, 4) is 6.07 Å². The summed E-state index contributed by atoms with van der Waals surface area (Å²) in [5, 5.41) is 9.62. The Kier molecular flexibility index (Phi) is 10.8. The van der Waals surface area contributed by atoms with Gasteiger partial charge >= 0.3 is 14.5 Å². The van der Waals surface area contributed by atoms with Crippen LogP contribution in [0.3, 0.4) is 0 Å². The first-order valence-electron chi connectivity index (χ1n) is 12.3. The van der Waals surface area contributed by atoms with E-state index >= 15 is 0 Å². The van der Waals surface area contributed by atoms with Crippen LogP contribution in [0.25, 0.3) is 5.57 Å². The number of esters is 1. The van der Waals surface area contributed by atoms with E-state index in [0.29, 0.717) is 6.42 Å². The minimum Gasteiger partial charge on any atom is -0.462 e. The standard InChI is InChI=1S/C28H39NO4Si3/c1-34(2,3)32-36(7,33-35(4,5)6)22-14-21-31-28(30)26(23-29)19-20-27(24-15-10-8-11-16-24)25-17-12-9-13-18-25/h8-13,15-20H,14,21-22H2,1-7H3/b26-19-. The Hall–Kier alpha value is -2.55. The zero-order chi connectivity index (χ0) is 26.8. The van der Waals surface area contributed by atoms with Gasteiger partial charge in [-0.25, -0.2) is 4.79 Å². The van der Waals surface area contributed by atoms with Crippen LogP contribution in [0.2, 0.25) is 51.9 Å². The monoisotopic (exact) mass is 537 g/mol. The Bertz CT molecular complexity index is 1040. The number of nitriles is 1. The Balaban J connectivity index is 2.10. The Morgan fingerprint density at radius 1 is 0.806 bits per heavy atom. The normalized spacial score (nSPS) is 12.6. The van der Waals surface area contributed by atoms with E-state index in [9.17, 15) is 10.1 Å². The average molecular weight is 538 g/mol. The molecule has 0 amide bonds. The molecule has 0 unspecified atom stereocenters. The van der Waals surface area contributed by atoms with Crippen molar-refractivity contribution in [2.24, 2.45) is 0 Å². The van der Waals surface area contributed by atoms with Gasteiger partial charge < -0.3 is 13.0 Å². The van der Waals surface area contributed by atoms with Crippen molar-refractivity contribution in [3.63, 3.8) is 0 Å². The summed E-state index contributed by atoms with van der Waals surface area (Å²) in [4.78, 5) is 12.7. The number of carbonyl (C=O) groups is 1. The van der Waals surface area contributed by atoms with Crippen molar-refractivity contribution < 1.29 is 17.8 Å². The molecule has 0 N–H and O–H groups in total. The quantitative estimate of drug-likeness (QED) is 0.0711. The maximum absolute atomic E-state index is 12.7. The SMILES string of the molecule is C[Si](C)(C)O[Si](C)(CCCOC(=O)/C(C#N)=C\C=C(c1ccccc1)c1ccccc1)O[Si](C)(C)C. The molecule has 0 saturated carbocycles. The lowest BCUT2D eigenvalue weighted by molar-refractivity contribution is -0.138. The largest absolute Gasteiger partial charge is 0.462 e. The first-order valence-corrected chi connectivity index (χ1v) is 21.7. The fourth-order valence-corrected chi connectivity index (χ4v) is 16.5. The molecule has 0 aliphatic rings. The molecule has 36 heavy (non-hydrogen) atoms. The van der Waals surface area contributed by atoms with E-state index in [0.717, 1.165) is 22.7 Å². The molecule has 8 heteroatoms. The molecule has 0 radical (unpaired) electrons. The maximum atomic E-state index is 12.7. The third kappa shape index (κ3) is 10.6. The van der Waals surface area contributed by atoms with E-state index in [-0.39, 0.29) is 12.2 Å². The highest BCUT2D eigenvalue weighted by molar-refractivity contribution is 6.87. The maximum Gasteiger partial charge on any atom is 0.348 e. The molecule has 0 spiro atoms. The molecule has 0 aromatic heterocycles. The van der Waals surface area contributed by atoms with Crippen molar-refractivity contribution in [1.29, 1.82) is 5.26 Å². The molecule has 2 aromatic rings. The lowest BCUT2D eigenvalue weighted by Crippen LogP contribution is -2.52. The van der Waals surface area contributed by atoms with Crippen LogP contribution >= 0.6 is 0 Å². The zero-order valence-electron chi connectivity index (χ0n) is 22.6. The van der Waals surface area contributed by atoms with Crippen LogP contribution in [-0.4, -0.2) is 37.8 Å². The molecule has 0 heterocycles. The number of ether oxygens (including phenoxy) is 1. The Morgan fingerprint density at radius 2 is 1.28 bits per heavy atom. The third-order valence-corrected chi connectivity index (χ3v) is 14.6. The molecule has 0 aliphatic heterocycles. The highest BCUT2D eigenvalue weighted by Crippen LogP contribution is 2.26. The number of allylic oxidation sites excluding steroid dienone is 2. The predicted octanol–water partition coefficient (Wildman–Crippen LogP) is 7.28. The van der Waals surface area contributed by atoms with Gasteiger partial charge in [-0.05, 0) is 81.1 Å². The molecular formula is C28H39NO4Si3. The van der Waals surface area contributed by atoms with Gasteiger partial charge in [0.2, 0.25) is 0 Å². The van der Waals surface area contributed by atoms with E-state index in [4.69, 9.17) is 13.0 Å². The van der Waals surface area contributed by atoms with Gasteiger partial charge in [-0.3, -0.25) is 0 Å². The second kappa shape index (κ2) is 13.1. The predicted molar refractivity (Wildman–Crippen MR) is 155 cm³/mol. The molecule has 2 rings (SSSR count). The zero-order valence-corrected chi connectivity index (χ0v) is 25.6. The van der Waals surface area contributed by atoms with E-state index in [1.54, 1.807) is 12.2 Å². The lowest BCUT2D eigenvalue weighted by atomic mass is 9.97. The fourth-order valence-electron chi connectivity index (χ4n) is 3.97. The highest BCUT2D eigenvalue weighted by Gasteiger charge is 2.39. The van der Waals surface area contributed by atoms with Crippen molar-refractivity contribution in [1.82, 2.24) is 0 Å². The van der Waals surface area contributed by atoms with Crippen LogP contribution in [0.1, 0.15) is 17.5 Å². The molecule has 192 valence electrons. The van der Waals surface area contributed by atoms with Crippen LogP contribution in [0.5, 0.6) is 0 Å². The summed E-state index contributed by atoms with van der Waals surface area (Å²) in [5.74, 6) is -0.616. The average Bonchev–Trinajstić information content (AvgIpc) is 2.78. The first-order chi connectivity index (χ1) is 16.8. The number of benzene rings is 2. The molecule has 0 bridgehead atoms. The summed E-state index contributed by atoms with van der Waals surface area (Å²) in [6.45, 7) is 15.4. The topological polar surface area (TPSA) is 68.5 Å². The van der Waals surface area contributed by atoms with Gasteiger partial charge in [0, 0.05) is 0 Å². The molecular weight excluding hydrogens is 499 g/mol. The molecule has 0 saturated heterocycles. The molecule has 2 aromatic carbocycles. The van der Waals surface area contributed by atoms with Crippen molar-refractivity contribution in [2.45, 2.75) is 58.3 Å². The summed E-state index contributed by atoms with van der Waals surface area (Å²) >= 11 is 0. The summed E-state index contributed by atoms with van der Waals surface area (Å²) in [6.07, 6.45) is 3.98. The second-order valence-electron chi connectivity index (χ2n) is 10.8. The number of carbonyl (C=O) groups excluding carboxylic acids is 1. The summed E-state index contributed by atoms with van der Waals surface area (Å²) < 4.78 is 18.5. The van der Waals surface area contributed by atoms with Gasteiger partial charge in [0.1, 0.15) is 11.6 Å². The van der Waals surface area contributed by atoms with Crippen molar-refractivity contribution in [2.75, 3.05) is 6.61 Å². The molecule has 0 fully saturated rings. The molecule has 5 nitrogen and oxygen atoms in total. The van der Waals surface area contributed by atoms with Crippen molar-refractivity contribution in [3.05, 3.63) is 89.5 Å². The van der Waals surface area contributed by atoms with Crippen LogP contribution in [-0.2, 0) is 17.8 Å². The van der Waals surface area contributed by atoms with E-state index < -0.39 is 31.2 Å². The van der Waals surface area contributed by atoms with Crippen molar-refractivity contribution >= 4 is 36.7 Å². The number of rotatable bonds is 12. The summed E-state index contributed by atoms with van der Waals surface area (Å²) in [7, 11) is -5.96. The fraction of sp³-hybridized carbons (Fsp3) is 0.357. The number of hydrogen-bond donors (Lipinski definition) is 0. The number of hydrogen-bond acceptors (Lipinski definition) is 5. The van der Waals surface area contributed by atoms with Crippen LogP contribution in [0.15, 0.2) is 78.4 Å². The van der Waals surface area contributed by atoms with Crippen LogP contribution in [0, 0.1) is 11.3 Å². The Morgan fingerprint density at radius 3 is 1.69 bits per heavy atom. The second-order valence-corrected chi connectivity index (χ2v) is 23.7. The van der Waals surface area contributed by atoms with Crippen LogP contribution in [0.4, 0.5) is 0 Å². The van der Waals surface area contributed by atoms with Gasteiger partial charge in [0.25, 0.3) is 0 Å². The van der Waals surface area contributed by atoms with Gasteiger partial charge in [0.05, 0.1) is 6.61 Å². The minimum atomic E-state index is -2.39. The van der Waals surface area contributed by atoms with Gasteiger partial charge in [-0.1, -0.05) is 66.7 Å². The minimum absolute atomic E-state index is 0.0314. The van der Waals surface area contributed by atoms with E-state index in [1.165, 1.54) is 0 Å². The Labute approximate surface area is 219 Å². The van der Waals surface area contributed by atoms with Gasteiger partial charge in [-0.2, -0.15) is 5.26 Å².